The number of halogens is 3. The van der Waals surface area contributed by atoms with Gasteiger partial charge in [-0.2, -0.15) is 13.2 Å². The number of thioether (sulfide) groups is 1. The smallest absolute Gasteiger partial charge is 0.385 e. The number of nitrogens with zero attached hydrogens (tertiary/aromatic N) is 4. The van der Waals surface area contributed by atoms with Crippen LogP contribution in [0.2, 0.25) is 0 Å². The number of carbonyl (C=O) groups is 1. The summed E-state index contributed by atoms with van der Waals surface area (Å²) in [5.41, 5.74) is 0. The van der Waals surface area contributed by atoms with Crippen molar-refractivity contribution >= 4 is 17.7 Å². The van der Waals surface area contributed by atoms with E-state index in [0.717, 1.165) is 11.8 Å². The highest BCUT2D eigenvalue weighted by molar-refractivity contribution is 7.99. The maximum atomic E-state index is 12.2. The summed E-state index contributed by atoms with van der Waals surface area (Å²) in [5, 5.41) is 12.4. The molecule has 11 heteroatoms. The minimum atomic E-state index is -4.41. The van der Waals surface area contributed by atoms with Crippen molar-refractivity contribution in [3.05, 3.63) is 0 Å². The summed E-state index contributed by atoms with van der Waals surface area (Å²) < 4.78 is 42.1. The van der Waals surface area contributed by atoms with Crippen LogP contribution < -0.4 is 5.32 Å². The Labute approximate surface area is 117 Å². The highest BCUT2D eigenvalue weighted by Crippen LogP contribution is 2.20. The molecule has 0 aromatic carbocycles. The second kappa shape index (κ2) is 8.04. The number of carbonyl (C=O) groups excluding carboxylic acids is 1. The molecule has 1 heterocycles. The summed E-state index contributed by atoms with van der Waals surface area (Å²) in [5.74, 6) is -0.349. The quantitative estimate of drug-likeness (QED) is 0.555. The zero-order valence-corrected chi connectivity index (χ0v) is 11.5. The third-order valence-corrected chi connectivity index (χ3v) is 2.96. The Kier molecular flexibility index (Phi) is 6.71. The average molecular weight is 313 g/mol. The summed E-state index contributed by atoms with van der Waals surface area (Å²) in [6, 6.07) is 0. The number of aromatic nitrogens is 4. The van der Waals surface area contributed by atoms with E-state index in [1.165, 1.54) is 0 Å². The van der Waals surface area contributed by atoms with Crippen LogP contribution in [0.15, 0.2) is 5.16 Å². The van der Waals surface area contributed by atoms with Crippen LogP contribution >= 0.6 is 11.8 Å². The van der Waals surface area contributed by atoms with Crippen LogP contribution in [0.1, 0.15) is 6.42 Å². The van der Waals surface area contributed by atoms with Crippen LogP contribution in [-0.4, -0.2) is 58.3 Å². The van der Waals surface area contributed by atoms with Gasteiger partial charge in [0.25, 0.3) is 0 Å². The highest BCUT2D eigenvalue weighted by atomic mass is 32.2. The van der Waals surface area contributed by atoms with E-state index in [1.54, 1.807) is 7.11 Å². The number of ether oxygens (including phenoxy) is 1. The van der Waals surface area contributed by atoms with E-state index in [2.05, 4.69) is 20.8 Å². The van der Waals surface area contributed by atoms with Crippen molar-refractivity contribution in [2.45, 2.75) is 24.3 Å². The second-order valence-electron chi connectivity index (χ2n) is 3.72. The van der Waals surface area contributed by atoms with Crippen molar-refractivity contribution in [1.82, 2.24) is 25.5 Å². The monoisotopic (exact) mass is 313 g/mol. The first-order valence-corrected chi connectivity index (χ1v) is 6.62. The summed E-state index contributed by atoms with van der Waals surface area (Å²) >= 11 is 0.850. The molecule has 0 saturated carbocycles. The van der Waals surface area contributed by atoms with Gasteiger partial charge in [0.15, 0.2) is 0 Å². The fraction of sp³-hybridized carbons (Fsp3) is 0.778. The Morgan fingerprint density at radius 1 is 1.50 bits per heavy atom. The number of alkyl halides is 3. The van der Waals surface area contributed by atoms with Crippen LogP contribution in [0.25, 0.3) is 0 Å². The molecule has 0 unspecified atom stereocenters. The highest BCUT2D eigenvalue weighted by Gasteiger charge is 2.30. The Morgan fingerprint density at radius 2 is 2.25 bits per heavy atom. The van der Waals surface area contributed by atoms with Gasteiger partial charge in [-0.15, -0.1) is 5.10 Å². The molecule has 1 aromatic rings. The predicted molar refractivity (Wildman–Crippen MR) is 64.1 cm³/mol. The molecular formula is C9H14F3N5O2S. The molecule has 0 spiro atoms. The molecule has 0 bridgehead atoms. The first kappa shape index (κ1) is 16.7. The van der Waals surface area contributed by atoms with Crippen LogP contribution in [0.3, 0.4) is 0 Å². The normalized spacial score (nSPS) is 11.6. The van der Waals surface area contributed by atoms with Gasteiger partial charge < -0.3 is 10.1 Å². The first-order chi connectivity index (χ1) is 9.42. The molecule has 20 heavy (non-hydrogen) atoms. The van der Waals surface area contributed by atoms with E-state index in [9.17, 15) is 18.0 Å². The number of tetrazole rings is 1. The van der Waals surface area contributed by atoms with E-state index in [0.29, 0.717) is 24.3 Å². The number of nitrogens with one attached hydrogen (secondary N) is 1. The maximum Gasteiger partial charge on any atom is 0.408 e. The molecule has 1 aromatic heterocycles. The van der Waals surface area contributed by atoms with Gasteiger partial charge in [-0.05, 0) is 16.8 Å². The number of rotatable bonds is 8. The molecular weight excluding hydrogens is 299 g/mol. The van der Waals surface area contributed by atoms with Crippen molar-refractivity contribution in [3.8, 4) is 0 Å². The standard InChI is InChI=1S/C9H14F3N5O2S/c1-19-4-2-3-13-7(18)5-20-8-14-15-16-17(8)6-9(10,11)12/h2-6H2,1H3,(H,13,18). The Bertz CT molecular complexity index is 426. The molecule has 1 rings (SSSR count). The van der Waals surface area contributed by atoms with Crippen molar-refractivity contribution in [3.63, 3.8) is 0 Å². The van der Waals surface area contributed by atoms with Crippen LogP contribution in [0.4, 0.5) is 13.2 Å². The molecule has 114 valence electrons. The number of amides is 1. The van der Waals surface area contributed by atoms with Gasteiger partial charge in [-0.1, -0.05) is 11.8 Å². The van der Waals surface area contributed by atoms with E-state index >= 15 is 0 Å². The lowest BCUT2D eigenvalue weighted by Crippen LogP contribution is -2.27. The van der Waals surface area contributed by atoms with Crippen molar-refractivity contribution in [2.75, 3.05) is 26.0 Å². The fourth-order valence-electron chi connectivity index (χ4n) is 1.19. The van der Waals surface area contributed by atoms with Crippen LogP contribution in [0.5, 0.6) is 0 Å². The van der Waals surface area contributed by atoms with Crippen LogP contribution in [-0.2, 0) is 16.1 Å². The van der Waals surface area contributed by atoms with E-state index in [4.69, 9.17) is 4.74 Å². The summed E-state index contributed by atoms with van der Waals surface area (Å²) in [7, 11) is 1.55. The number of hydrogen-bond acceptors (Lipinski definition) is 6. The summed E-state index contributed by atoms with van der Waals surface area (Å²) in [6.07, 6.45) is -3.74. The molecule has 1 N–H and O–H groups in total. The molecule has 0 aliphatic heterocycles. The van der Waals surface area contributed by atoms with Gasteiger partial charge in [0, 0.05) is 20.3 Å². The van der Waals surface area contributed by atoms with Gasteiger partial charge >= 0.3 is 6.18 Å². The average Bonchev–Trinajstić information content (AvgIpc) is 2.77. The molecule has 0 aliphatic rings. The lowest BCUT2D eigenvalue weighted by atomic mass is 10.4. The summed E-state index contributed by atoms with van der Waals surface area (Å²) in [4.78, 5) is 11.4. The number of methoxy groups -OCH3 is 1. The van der Waals surface area contributed by atoms with Crippen molar-refractivity contribution < 1.29 is 22.7 Å². The molecule has 7 nitrogen and oxygen atoms in total. The molecule has 0 aliphatic carbocycles. The lowest BCUT2D eigenvalue weighted by Gasteiger charge is -2.07. The van der Waals surface area contributed by atoms with Gasteiger partial charge in [0.1, 0.15) is 6.54 Å². The van der Waals surface area contributed by atoms with E-state index in [1.807, 2.05) is 0 Å². The van der Waals surface area contributed by atoms with Crippen LogP contribution in [0, 0.1) is 0 Å². The van der Waals surface area contributed by atoms with Crippen molar-refractivity contribution in [1.29, 1.82) is 0 Å². The molecule has 0 atom stereocenters. The van der Waals surface area contributed by atoms with Gasteiger partial charge in [-0.25, -0.2) is 4.68 Å². The minimum absolute atomic E-state index is 0.0469. The summed E-state index contributed by atoms with van der Waals surface area (Å²) in [6.45, 7) is -0.310. The fourth-order valence-corrected chi connectivity index (χ4v) is 1.90. The van der Waals surface area contributed by atoms with Crippen molar-refractivity contribution in [2.24, 2.45) is 0 Å². The predicted octanol–water partition coefficient (Wildman–Crippen LogP) is 0.480. The zero-order chi connectivity index (χ0) is 15.0. The van der Waals surface area contributed by atoms with Gasteiger partial charge in [0.2, 0.25) is 11.1 Å². The Balaban J connectivity index is 2.34. The zero-order valence-electron chi connectivity index (χ0n) is 10.7. The third-order valence-electron chi connectivity index (χ3n) is 2.01. The topological polar surface area (TPSA) is 81.9 Å². The largest absolute Gasteiger partial charge is 0.408 e. The molecule has 0 radical (unpaired) electrons. The Morgan fingerprint density at radius 3 is 2.90 bits per heavy atom. The molecule has 0 fully saturated rings. The SMILES string of the molecule is COCCCNC(=O)CSc1nnnn1CC(F)(F)F. The van der Waals surface area contributed by atoms with Gasteiger partial charge in [-0.3, -0.25) is 4.79 Å². The minimum Gasteiger partial charge on any atom is -0.385 e. The molecule has 0 saturated heterocycles. The second-order valence-corrected chi connectivity index (χ2v) is 4.66. The van der Waals surface area contributed by atoms with Gasteiger partial charge in [0.05, 0.1) is 5.75 Å². The number of hydrogen-bond donors (Lipinski definition) is 1. The van der Waals surface area contributed by atoms with E-state index in [-0.39, 0.29) is 16.8 Å². The van der Waals surface area contributed by atoms with E-state index < -0.39 is 12.7 Å². The lowest BCUT2D eigenvalue weighted by molar-refractivity contribution is -0.144. The third kappa shape index (κ3) is 6.70. The maximum absolute atomic E-state index is 12.2. The molecule has 1 amide bonds. The first-order valence-electron chi connectivity index (χ1n) is 5.63. The Hall–Kier alpha value is -1.36.